The predicted molar refractivity (Wildman–Crippen MR) is 74.4 cm³/mol. The molecular formula is C13H12ClFN2S. The van der Waals surface area contributed by atoms with E-state index in [4.69, 9.17) is 11.6 Å². The van der Waals surface area contributed by atoms with Crippen molar-refractivity contribution in [2.45, 2.75) is 12.5 Å². The number of alkyl halides is 1. The lowest BCUT2D eigenvalue weighted by Gasteiger charge is -2.16. The van der Waals surface area contributed by atoms with Crippen LogP contribution in [0.4, 0.5) is 4.39 Å². The molecule has 0 N–H and O–H groups in total. The van der Waals surface area contributed by atoms with Crippen molar-refractivity contribution >= 4 is 28.5 Å². The van der Waals surface area contributed by atoms with E-state index in [0.717, 1.165) is 29.4 Å². The SMILES string of the molecule is Fc1ccc(CC2CN3C(CCl)=CSC3=N2)cc1. The van der Waals surface area contributed by atoms with Crippen LogP contribution >= 0.6 is 23.4 Å². The maximum Gasteiger partial charge on any atom is 0.168 e. The third kappa shape index (κ3) is 2.27. The van der Waals surface area contributed by atoms with Gasteiger partial charge in [-0.1, -0.05) is 23.9 Å². The van der Waals surface area contributed by atoms with Crippen molar-refractivity contribution in [2.75, 3.05) is 12.4 Å². The van der Waals surface area contributed by atoms with Crippen LogP contribution < -0.4 is 0 Å². The molecule has 0 fully saturated rings. The first-order chi connectivity index (χ1) is 8.76. The molecule has 3 rings (SSSR count). The van der Waals surface area contributed by atoms with Crippen LogP contribution in [0.2, 0.25) is 0 Å². The Kier molecular flexibility index (Phi) is 3.31. The molecule has 18 heavy (non-hydrogen) atoms. The summed E-state index contributed by atoms with van der Waals surface area (Å²) in [4.78, 5) is 6.84. The van der Waals surface area contributed by atoms with E-state index < -0.39 is 0 Å². The van der Waals surface area contributed by atoms with Crippen LogP contribution in [0.5, 0.6) is 0 Å². The van der Waals surface area contributed by atoms with Gasteiger partial charge in [-0.25, -0.2) is 4.39 Å². The number of allylic oxidation sites excluding steroid dienone is 1. The van der Waals surface area contributed by atoms with Crippen LogP contribution in [0.15, 0.2) is 40.4 Å². The van der Waals surface area contributed by atoms with E-state index in [9.17, 15) is 4.39 Å². The summed E-state index contributed by atoms with van der Waals surface area (Å²) in [6.45, 7) is 0.873. The molecule has 5 heteroatoms. The highest BCUT2D eigenvalue weighted by molar-refractivity contribution is 8.16. The number of thioether (sulfide) groups is 1. The molecule has 0 spiro atoms. The Bertz CT molecular complexity index is 512. The Hall–Kier alpha value is -1.00. The fourth-order valence-corrected chi connectivity index (χ4v) is 3.47. The summed E-state index contributed by atoms with van der Waals surface area (Å²) < 4.78 is 12.8. The molecule has 0 saturated heterocycles. The third-order valence-electron chi connectivity index (χ3n) is 3.09. The van der Waals surface area contributed by atoms with Gasteiger partial charge in [-0.05, 0) is 29.5 Å². The van der Waals surface area contributed by atoms with Crippen molar-refractivity contribution in [2.24, 2.45) is 4.99 Å². The van der Waals surface area contributed by atoms with Gasteiger partial charge in [-0.2, -0.15) is 0 Å². The molecule has 0 radical (unpaired) electrons. The van der Waals surface area contributed by atoms with Crippen molar-refractivity contribution in [1.29, 1.82) is 0 Å². The summed E-state index contributed by atoms with van der Waals surface area (Å²) in [5.41, 5.74) is 2.25. The zero-order valence-corrected chi connectivity index (χ0v) is 11.2. The summed E-state index contributed by atoms with van der Waals surface area (Å²) in [7, 11) is 0. The molecule has 94 valence electrons. The number of amidine groups is 1. The second kappa shape index (κ2) is 4.94. The van der Waals surface area contributed by atoms with E-state index in [1.807, 2.05) is 12.1 Å². The summed E-state index contributed by atoms with van der Waals surface area (Å²) in [5.74, 6) is 0.329. The minimum atomic E-state index is -0.194. The monoisotopic (exact) mass is 282 g/mol. The minimum absolute atomic E-state index is 0.194. The molecule has 0 amide bonds. The van der Waals surface area contributed by atoms with Gasteiger partial charge in [0.1, 0.15) is 5.82 Å². The normalized spacial score (nSPS) is 21.9. The van der Waals surface area contributed by atoms with E-state index in [1.54, 1.807) is 11.8 Å². The van der Waals surface area contributed by atoms with Crippen LogP contribution in [0.25, 0.3) is 0 Å². The lowest BCUT2D eigenvalue weighted by atomic mass is 10.1. The molecule has 0 saturated carbocycles. The molecule has 2 aliphatic rings. The fraction of sp³-hybridized carbons (Fsp3) is 0.308. The zero-order chi connectivity index (χ0) is 12.5. The molecule has 2 heterocycles. The molecule has 1 atom stereocenters. The Balaban J connectivity index is 1.67. The van der Waals surface area contributed by atoms with Crippen molar-refractivity contribution in [3.63, 3.8) is 0 Å². The lowest BCUT2D eigenvalue weighted by molar-refractivity contribution is 0.511. The number of halogens is 2. The van der Waals surface area contributed by atoms with E-state index in [2.05, 4.69) is 15.3 Å². The summed E-state index contributed by atoms with van der Waals surface area (Å²) in [6.07, 6.45) is 0.844. The van der Waals surface area contributed by atoms with Gasteiger partial charge < -0.3 is 4.90 Å². The Morgan fingerprint density at radius 1 is 1.39 bits per heavy atom. The highest BCUT2D eigenvalue weighted by atomic mass is 35.5. The Labute approximate surface area is 115 Å². The van der Waals surface area contributed by atoms with Gasteiger partial charge in [-0.15, -0.1) is 11.6 Å². The average molecular weight is 283 g/mol. The van der Waals surface area contributed by atoms with Crippen LogP contribution in [-0.4, -0.2) is 28.5 Å². The summed E-state index contributed by atoms with van der Waals surface area (Å²) >= 11 is 7.51. The van der Waals surface area contributed by atoms with Gasteiger partial charge in [-0.3, -0.25) is 4.99 Å². The molecule has 0 aliphatic carbocycles. The van der Waals surface area contributed by atoms with Crippen molar-refractivity contribution in [3.8, 4) is 0 Å². The molecule has 0 aromatic heterocycles. The van der Waals surface area contributed by atoms with Crippen LogP contribution in [0.3, 0.4) is 0 Å². The zero-order valence-electron chi connectivity index (χ0n) is 9.64. The number of fused-ring (bicyclic) bond motifs is 1. The van der Waals surface area contributed by atoms with Gasteiger partial charge in [0.15, 0.2) is 5.17 Å². The topological polar surface area (TPSA) is 15.6 Å². The van der Waals surface area contributed by atoms with Gasteiger partial charge in [0, 0.05) is 12.2 Å². The predicted octanol–water partition coefficient (Wildman–Crippen LogP) is 3.24. The first-order valence-electron chi connectivity index (χ1n) is 5.77. The standard InChI is InChI=1S/C13H12ClFN2S/c14-6-12-8-18-13-16-11(7-17(12)13)5-9-1-3-10(15)4-2-9/h1-4,8,11H,5-7H2. The Morgan fingerprint density at radius 3 is 2.89 bits per heavy atom. The molecule has 1 aromatic rings. The first kappa shape index (κ1) is 12.1. The fourth-order valence-electron chi connectivity index (χ4n) is 2.18. The maximum atomic E-state index is 12.8. The van der Waals surface area contributed by atoms with E-state index in [0.29, 0.717) is 5.88 Å². The summed E-state index contributed by atoms with van der Waals surface area (Å²) in [5, 5.41) is 3.10. The van der Waals surface area contributed by atoms with Gasteiger partial charge in [0.05, 0.1) is 11.9 Å². The molecule has 2 nitrogen and oxygen atoms in total. The van der Waals surface area contributed by atoms with Crippen LogP contribution in [0.1, 0.15) is 5.56 Å². The molecule has 0 bridgehead atoms. The smallest absolute Gasteiger partial charge is 0.168 e. The van der Waals surface area contributed by atoms with E-state index in [-0.39, 0.29) is 11.9 Å². The summed E-state index contributed by atoms with van der Waals surface area (Å²) in [6, 6.07) is 6.88. The molecule has 1 unspecified atom stereocenters. The number of nitrogens with zero attached hydrogens (tertiary/aromatic N) is 2. The van der Waals surface area contributed by atoms with Crippen LogP contribution in [0, 0.1) is 5.82 Å². The number of hydrogen-bond acceptors (Lipinski definition) is 3. The minimum Gasteiger partial charge on any atom is -0.321 e. The molecule has 1 aromatic carbocycles. The van der Waals surface area contributed by atoms with E-state index >= 15 is 0 Å². The second-order valence-corrected chi connectivity index (χ2v) is 5.47. The van der Waals surface area contributed by atoms with Crippen molar-refractivity contribution < 1.29 is 4.39 Å². The van der Waals surface area contributed by atoms with Gasteiger partial charge in [0.25, 0.3) is 0 Å². The maximum absolute atomic E-state index is 12.8. The van der Waals surface area contributed by atoms with Crippen LogP contribution in [-0.2, 0) is 6.42 Å². The quantitative estimate of drug-likeness (QED) is 0.791. The van der Waals surface area contributed by atoms with Crippen molar-refractivity contribution in [3.05, 3.63) is 46.8 Å². The lowest BCUT2D eigenvalue weighted by Crippen LogP contribution is -2.25. The molecule has 2 aliphatic heterocycles. The van der Waals surface area contributed by atoms with Gasteiger partial charge >= 0.3 is 0 Å². The largest absolute Gasteiger partial charge is 0.321 e. The van der Waals surface area contributed by atoms with Crippen molar-refractivity contribution in [1.82, 2.24) is 4.90 Å². The Morgan fingerprint density at radius 2 is 2.17 bits per heavy atom. The molecular weight excluding hydrogens is 271 g/mol. The number of rotatable bonds is 3. The average Bonchev–Trinajstić information content (AvgIpc) is 2.91. The second-order valence-electron chi connectivity index (χ2n) is 4.37. The van der Waals surface area contributed by atoms with E-state index in [1.165, 1.54) is 12.1 Å². The number of aliphatic imine (C=N–C) groups is 1. The van der Waals surface area contributed by atoms with Gasteiger partial charge in [0.2, 0.25) is 0 Å². The number of benzene rings is 1. The number of hydrogen-bond donors (Lipinski definition) is 0. The highest BCUT2D eigenvalue weighted by Crippen LogP contribution is 2.32. The first-order valence-corrected chi connectivity index (χ1v) is 7.19. The third-order valence-corrected chi connectivity index (χ3v) is 4.29. The highest BCUT2D eigenvalue weighted by Gasteiger charge is 2.31.